The number of hydrogen-bond acceptors (Lipinski definition) is 2. The summed E-state index contributed by atoms with van der Waals surface area (Å²) < 4.78 is 5.32. The number of ether oxygens (including phenoxy) is 1. The number of benzene rings is 1. The molecule has 0 spiro atoms. The first-order chi connectivity index (χ1) is 13.2. The molecule has 1 aromatic carbocycles. The van der Waals surface area contributed by atoms with Crippen LogP contribution in [0.25, 0.3) is 6.08 Å². The summed E-state index contributed by atoms with van der Waals surface area (Å²) in [5, 5.41) is 3.52. The normalized spacial score (nSPS) is 19.6. The summed E-state index contributed by atoms with van der Waals surface area (Å²) in [6, 6.07) is 10.7. The predicted octanol–water partition coefficient (Wildman–Crippen LogP) is 4.34. The van der Waals surface area contributed by atoms with Crippen molar-refractivity contribution in [1.29, 1.82) is 0 Å². The monoisotopic (exact) mass is 369 g/mol. The summed E-state index contributed by atoms with van der Waals surface area (Å²) >= 11 is 0. The largest absolute Gasteiger partial charge is 0.385 e. The highest BCUT2D eigenvalue weighted by molar-refractivity contribution is 5.80. The van der Waals surface area contributed by atoms with Crippen LogP contribution in [-0.2, 0) is 4.74 Å². The Hall–Kier alpha value is -1.81. The Kier molecular flexibility index (Phi) is 7.33. The number of guanidine groups is 1. The summed E-state index contributed by atoms with van der Waals surface area (Å²) in [4.78, 5) is 7.49. The van der Waals surface area contributed by atoms with Gasteiger partial charge in [0.15, 0.2) is 5.96 Å². The van der Waals surface area contributed by atoms with Crippen LogP contribution < -0.4 is 5.32 Å². The predicted molar refractivity (Wildman–Crippen MR) is 114 cm³/mol. The van der Waals surface area contributed by atoms with E-state index >= 15 is 0 Å². The van der Waals surface area contributed by atoms with Crippen molar-refractivity contribution < 1.29 is 4.74 Å². The van der Waals surface area contributed by atoms with Crippen molar-refractivity contribution in [3.63, 3.8) is 0 Å². The fraction of sp³-hybridized carbons (Fsp3) is 0.609. The lowest BCUT2D eigenvalue weighted by molar-refractivity contribution is 0.0776. The highest BCUT2D eigenvalue weighted by Gasteiger charge is 2.36. The Morgan fingerprint density at radius 1 is 1.22 bits per heavy atom. The zero-order chi connectivity index (χ0) is 19.0. The van der Waals surface area contributed by atoms with E-state index in [-0.39, 0.29) is 0 Å². The molecule has 3 rings (SSSR count). The molecule has 1 saturated carbocycles. The minimum absolute atomic E-state index is 0.380. The first kappa shape index (κ1) is 19.9. The fourth-order valence-electron chi connectivity index (χ4n) is 4.09. The van der Waals surface area contributed by atoms with E-state index in [1.807, 2.05) is 0 Å². The lowest BCUT2D eigenvalue weighted by Gasteiger charge is -2.41. The smallest absolute Gasteiger partial charge is 0.193 e. The van der Waals surface area contributed by atoms with E-state index in [1.165, 1.54) is 24.8 Å². The Balaban J connectivity index is 1.58. The number of likely N-dealkylation sites (tertiary alicyclic amines) is 1. The molecule has 1 aliphatic carbocycles. The number of aliphatic imine (C=N–C) groups is 1. The van der Waals surface area contributed by atoms with Gasteiger partial charge >= 0.3 is 0 Å². The second-order valence-corrected chi connectivity index (χ2v) is 7.97. The van der Waals surface area contributed by atoms with Gasteiger partial charge in [-0.25, -0.2) is 0 Å². The van der Waals surface area contributed by atoms with Crippen molar-refractivity contribution in [2.75, 3.05) is 39.9 Å². The molecular weight excluding hydrogens is 334 g/mol. The van der Waals surface area contributed by atoms with Crippen LogP contribution in [-0.4, -0.2) is 50.8 Å². The Labute approximate surface area is 164 Å². The maximum absolute atomic E-state index is 5.32. The molecule has 4 nitrogen and oxygen atoms in total. The van der Waals surface area contributed by atoms with Gasteiger partial charge in [-0.05, 0) is 50.0 Å². The summed E-state index contributed by atoms with van der Waals surface area (Å²) in [7, 11) is 1.80. The van der Waals surface area contributed by atoms with E-state index < -0.39 is 0 Å². The Morgan fingerprint density at radius 3 is 2.56 bits per heavy atom. The molecule has 0 radical (unpaired) electrons. The molecule has 148 valence electrons. The molecular formula is C23H35N3O. The van der Waals surface area contributed by atoms with Gasteiger partial charge in [-0.2, -0.15) is 0 Å². The molecule has 1 aliphatic heterocycles. The first-order valence-electron chi connectivity index (χ1n) is 10.5. The molecule has 2 aliphatic rings. The summed E-state index contributed by atoms with van der Waals surface area (Å²) in [6.07, 6.45) is 9.66. The average molecular weight is 370 g/mol. The van der Waals surface area contributed by atoms with Gasteiger partial charge < -0.3 is 15.0 Å². The van der Waals surface area contributed by atoms with Crippen LogP contribution in [0, 0.1) is 5.41 Å². The molecule has 2 fully saturated rings. The number of hydrogen-bond donors (Lipinski definition) is 1. The highest BCUT2D eigenvalue weighted by atomic mass is 16.5. The SMILES string of the molecule is CCNC(=NCC1(CCOC)CCC1)N1CCC(=Cc2ccccc2)CC1. The van der Waals surface area contributed by atoms with E-state index in [0.29, 0.717) is 5.41 Å². The van der Waals surface area contributed by atoms with Gasteiger partial charge in [-0.15, -0.1) is 0 Å². The number of nitrogens with zero attached hydrogens (tertiary/aromatic N) is 2. The molecule has 1 saturated heterocycles. The van der Waals surface area contributed by atoms with Crippen molar-refractivity contribution in [3.8, 4) is 0 Å². The first-order valence-corrected chi connectivity index (χ1v) is 10.5. The third-order valence-electron chi connectivity index (χ3n) is 6.03. The van der Waals surface area contributed by atoms with E-state index in [2.05, 4.69) is 53.5 Å². The third-order valence-corrected chi connectivity index (χ3v) is 6.03. The van der Waals surface area contributed by atoms with E-state index in [4.69, 9.17) is 9.73 Å². The molecule has 0 bridgehead atoms. The van der Waals surface area contributed by atoms with Crippen molar-refractivity contribution in [2.24, 2.45) is 10.4 Å². The minimum Gasteiger partial charge on any atom is -0.385 e. The molecule has 1 aromatic rings. The van der Waals surface area contributed by atoms with Crippen molar-refractivity contribution in [1.82, 2.24) is 10.2 Å². The second-order valence-electron chi connectivity index (χ2n) is 7.97. The second kappa shape index (κ2) is 9.93. The molecule has 0 unspecified atom stereocenters. The van der Waals surface area contributed by atoms with Crippen LogP contribution in [0.4, 0.5) is 0 Å². The van der Waals surface area contributed by atoms with Crippen LogP contribution in [0.2, 0.25) is 0 Å². The standard InChI is InChI=1S/C23H35N3O/c1-3-24-22(25-19-23(12-7-13-23)14-17-27-2)26-15-10-21(11-16-26)18-20-8-5-4-6-9-20/h4-6,8-9,18H,3,7,10-17,19H2,1-2H3,(H,24,25). The Bertz CT molecular complexity index is 624. The fourth-order valence-corrected chi connectivity index (χ4v) is 4.09. The van der Waals surface area contributed by atoms with Gasteiger partial charge in [0.2, 0.25) is 0 Å². The zero-order valence-corrected chi connectivity index (χ0v) is 17.0. The topological polar surface area (TPSA) is 36.9 Å². The van der Waals surface area contributed by atoms with E-state index in [0.717, 1.165) is 58.0 Å². The number of piperidine rings is 1. The van der Waals surface area contributed by atoms with Crippen LogP contribution in [0.3, 0.4) is 0 Å². The van der Waals surface area contributed by atoms with E-state index in [1.54, 1.807) is 12.7 Å². The number of rotatable bonds is 7. The quantitative estimate of drug-likeness (QED) is 0.574. The maximum atomic E-state index is 5.32. The highest BCUT2D eigenvalue weighted by Crippen LogP contribution is 2.44. The number of nitrogens with one attached hydrogen (secondary N) is 1. The van der Waals surface area contributed by atoms with Crippen molar-refractivity contribution in [2.45, 2.75) is 45.4 Å². The van der Waals surface area contributed by atoms with Gasteiger partial charge in [0, 0.05) is 39.9 Å². The average Bonchev–Trinajstić information content (AvgIpc) is 2.67. The zero-order valence-electron chi connectivity index (χ0n) is 17.0. The summed E-state index contributed by atoms with van der Waals surface area (Å²) in [6.45, 7) is 6.97. The molecule has 0 atom stereocenters. The lowest BCUT2D eigenvalue weighted by Crippen LogP contribution is -2.45. The number of methoxy groups -OCH3 is 1. The molecule has 1 N–H and O–H groups in total. The van der Waals surface area contributed by atoms with Gasteiger partial charge in [0.05, 0.1) is 0 Å². The Morgan fingerprint density at radius 2 is 1.96 bits per heavy atom. The van der Waals surface area contributed by atoms with Crippen LogP contribution >= 0.6 is 0 Å². The molecule has 27 heavy (non-hydrogen) atoms. The van der Waals surface area contributed by atoms with Crippen LogP contribution in [0.15, 0.2) is 40.9 Å². The van der Waals surface area contributed by atoms with Gasteiger partial charge in [-0.1, -0.05) is 48.4 Å². The lowest BCUT2D eigenvalue weighted by atomic mass is 9.67. The molecule has 0 amide bonds. The maximum Gasteiger partial charge on any atom is 0.193 e. The third kappa shape index (κ3) is 5.58. The van der Waals surface area contributed by atoms with Crippen molar-refractivity contribution >= 4 is 12.0 Å². The van der Waals surface area contributed by atoms with Crippen LogP contribution in [0.1, 0.15) is 51.0 Å². The van der Waals surface area contributed by atoms with Crippen molar-refractivity contribution in [3.05, 3.63) is 41.5 Å². The van der Waals surface area contributed by atoms with Gasteiger partial charge in [-0.3, -0.25) is 4.99 Å². The molecule has 4 heteroatoms. The van der Waals surface area contributed by atoms with E-state index in [9.17, 15) is 0 Å². The molecule has 0 aromatic heterocycles. The minimum atomic E-state index is 0.380. The summed E-state index contributed by atoms with van der Waals surface area (Å²) in [5.74, 6) is 1.10. The van der Waals surface area contributed by atoms with Gasteiger partial charge in [0.1, 0.15) is 0 Å². The molecule has 1 heterocycles. The summed E-state index contributed by atoms with van der Waals surface area (Å²) in [5.41, 5.74) is 3.24. The van der Waals surface area contributed by atoms with Crippen LogP contribution in [0.5, 0.6) is 0 Å². The van der Waals surface area contributed by atoms with Gasteiger partial charge in [0.25, 0.3) is 0 Å².